The molecule has 1 fully saturated rings. The molecule has 1 aromatic carbocycles. The molecule has 5 atom stereocenters. The van der Waals surface area contributed by atoms with Crippen LogP contribution >= 0.6 is 11.8 Å². The molecule has 1 aromatic rings. The molecule has 27 heavy (non-hydrogen) atoms. The second-order valence-electron chi connectivity index (χ2n) is 6.77. The van der Waals surface area contributed by atoms with Crippen molar-refractivity contribution in [3.8, 4) is 5.75 Å². The first kappa shape index (κ1) is 19.7. The summed E-state index contributed by atoms with van der Waals surface area (Å²) in [5.41, 5.74) is 0.836. The number of anilines is 1. The van der Waals surface area contributed by atoms with E-state index >= 15 is 0 Å². The van der Waals surface area contributed by atoms with E-state index in [0.717, 1.165) is 11.4 Å². The average molecular weight is 391 g/mol. The van der Waals surface area contributed by atoms with Gasteiger partial charge in [0.1, 0.15) is 11.9 Å². The van der Waals surface area contributed by atoms with Crippen LogP contribution in [0.3, 0.4) is 0 Å². The Kier molecular flexibility index (Phi) is 6.08. The van der Waals surface area contributed by atoms with Crippen LogP contribution in [-0.4, -0.2) is 70.4 Å². The summed E-state index contributed by atoms with van der Waals surface area (Å²) in [5.74, 6) is 0.274. The van der Waals surface area contributed by atoms with E-state index < -0.39 is 24.2 Å². The number of carbonyl (C=O) groups is 1. The topological polar surface area (TPSA) is 94.4 Å². The minimum Gasteiger partial charge on any atom is -0.497 e. The van der Waals surface area contributed by atoms with E-state index in [1.807, 2.05) is 24.3 Å². The van der Waals surface area contributed by atoms with Gasteiger partial charge in [0.2, 0.25) is 5.91 Å². The number of thioether (sulfide) groups is 1. The molecule has 0 bridgehead atoms. The maximum absolute atomic E-state index is 12.8. The molecule has 1 saturated carbocycles. The van der Waals surface area contributed by atoms with Crippen molar-refractivity contribution in [2.45, 2.75) is 29.9 Å². The third-order valence-corrected chi connectivity index (χ3v) is 6.23. The lowest BCUT2D eigenvalue weighted by Crippen LogP contribution is -2.54. The van der Waals surface area contributed by atoms with Crippen molar-refractivity contribution in [2.24, 2.45) is 10.9 Å². The molecule has 2 aliphatic rings. The monoisotopic (exact) mass is 391 g/mol. The van der Waals surface area contributed by atoms with E-state index in [-0.39, 0.29) is 17.6 Å². The fourth-order valence-electron chi connectivity index (χ4n) is 3.46. The minimum atomic E-state index is -0.980. The van der Waals surface area contributed by atoms with Gasteiger partial charge in [-0.25, -0.2) is 0 Å². The molecule has 146 valence electrons. The van der Waals surface area contributed by atoms with Gasteiger partial charge in [0.25, 0.3) is 0 Å². The lowest BCUT2D eigenvalue weighted by molar-refractivity contribution is -0.138. The number of amidine groups is 1. The summed E-state index contributed by atoms with van der Waals surface area (Å²) in [6.45, 7) is 4.10. The first-order valence-electron chi connectivity index (χ1n) is 8.82. The van der Waals surface area contributed by atoms with E-state index in [2.05, 4.69) is 16.9 Å². The molecule has 0 radical (unpaired) electrons. The Bertz CT molecular complexity index is 724. The summed E-state index contributed by atoms with van der Waals surface area (Å²) < 4.78 is 5.15. The normalized spacial score (nSPS) is 29.5. The van der Waals surface area contributed by atoms with Gasteiger partial charge in [-0.3, -0.25) is 9.79 Å². The first-order chi connectivity index (χ1) is 12.9. The Labute approximate surface area is 163 Å². The van der Waals surface area contributed by atoms with Gasteiger partial charge < -0.3 is 25.2 Å². The number of benzene rings is 1. The van der Waals surface area contributed by atoms with Gasteiger partial charge in [-0.05, 0) is 30.7 Å². The zero-order valence-corrected chi connectivity index (χ0v) is 16.2. The van der Waals surface area contributed by atoms with Crippen LogP contribution in [0.25, 0.3) is 0 Å². The number of aliphatic hydroxyl groups is 2. The van der Waals surface area contributed by atoms with Crippen LogP contribution in [0.15, 0.2) is 41.9 Å². The lowest BCUT2D eigenvalue weighted by Gasteiger charge is -2.38. The van der Waals surface area contributed by atoms with Crippen molar-refractivity contribution in [3.05, 3.63) is 36.9 Å². The lowest BCUT2D eigenvalue weighted by atomic mass is 9.80. The van der Waals surface area contributed by atoms with Crippen molar-refractivity contribution in [1.82, 2.24) is 4.90 Å². The molecule has 3 N–H and O–H groups in total. The molecule has 1 amide bonds. The summed E-state index contributed by atoms with van der Waals surface area (Å²) in [4.78, 5) is 19.0. The fraction of sp³-hybridized carbons (Fsp3) is 0.474. The average Bonchev–Trinajstić information content (AvgIpc) is 3.09. The molecule has 0 aromatic heterocycles. The van der Waals surface area contributed by atoms with Crippen LogP contribution < -0.4 is 10.1 Å². The van der Waals surface area contributed by atoms with Crippen LogP contribution in [0.5, 0.6) is 5.75 Å². The van der Waals surface area contributed by atoms with Crippen molar-refractivity contribution < 1.29 is 19.7 Å². The van der Waals surface area contributed by atoms with Crippen LogP contribution in [0.4, 0.5) is 5.69 Å². The molecule has 1 heterocycles. The number of hydrogen-bond donors (Lipinski definition) is 3. The molecule has 7 nitrogen and oxygen atoms in total. The van der Waals surface area contributed by atoms with Gasteiger partial charge in [0.05, 0.1) is 25.2 Å². The molecule has 1 aliphatic heterocycles. The predicted molar refractivity (Wildman–Crippen MR) is 107 cm³/mol. The number of amides is 1. The summed E-state index contributed by atoms with van der Waals surface area (Å²) in [6.07, 6.45) is -0.0622. The number of ether oxygens (including phenoxy) is 1. The second-order valence-corrected chi connectivity index (χ2v) is 7.94. The SMILES string of the molecule is C=CCN(C)C(=O)[C@H]1C[C@@H](O)[C@H](O)[C@@H]2N=C(Nc3ccc(OC)cc3)S[C@@H]21. The zero-order valence-electron chi connectivity index (χ0n) is 15.4. The third kappa shape index (κ3) is 4.12. The highest BCUT2D eigenvalue weighted by atomic mass is 32.2. The van der Waals surface area contributed by atoms with Gasteiger partial charge in [0, 0.05) is 24.5 Å². The molecule has 8 heteroatoms. The minimum absolute atomic E-state index is 0.0655. The molecule has 0 unspecified atom stereocenters. The number of nitrogens with zero attached hydrogens (tertiary/aromatic N) is 2. The number of aliphatic hydroxyl groups excluding tert-OH is 2. The Balaban J connectivity index is 1.75. The van der Waals surface area contributed by atoms with E-state index in [1.165, 1.54) is 11.8 Å². The molecule has 1 aliphatic carbocycles. The smallest absolute Gasteiger partial charge is 0.227 e. The second kappa shape index (κ2) is 8.33. The van der Waals surface area contributed by atoms with Crippen LogP contribution in [0.2, 0.25) is 0 Å². The highest BCUT2D eigenvalue weighted by molar-refractivity contribution is 8.15. The number of hydrogen-bond acceptors (Lipinski definition) is 7. The van der Waals surface area contributed by atoms with Gasteiger partial charge in [-0.2, -0.15) is 0 Å². The molecule has 0 spiro atoms. The Morgan fingerprint density at radius 3 is 2.78 bits per heavy atom. The quantitative estimate of drug-likeness (QED) is 0.656. The summed E-state index contributed by atoms with van der Waals surface area (Å²) >= 11 is 1.44. The number of fused-ring (bicyclic) bond motifs is 1. The van der Waals surface area contributed by atoms with E-state index in [9.17, 15) is 15.0 Å². The Hall–Kier alpha value is -2.03. The molecular formula is C19H25N3O4S. The van der Waals surface area contributed by atoms with Crippen LogP contribution in [0, 0.1) is 5.92 Å². The number of nitrogens with one attached hydrogen (secondary N) is 1. The first-order valence-corrected chi connectivity index (χ1v) is 9.70. The predicted octanol–water partition coefficient (Wildman–Crippen LogP) is 1.33. The molecule has 0 saturated heterocycles. The van der Waals surface area contributed by atoms with Gasteiger partial charge in [0.15, 0.2) is 5.17 Å². The number of likely N-dealkylation sites (N-methyl/N-ethyl adjacent to an activating group) is 1. The summed E-state index contributed by atoms with van der Waals surface area (Å²) in [5, 5.41) is 24.3. The maximum atomic E-state index is 12.8. The number of rotatable bonds is 5. The molecule has 3 rings (SSSR count). The largest absolute Gasteiger partial charge is 0.497 e. The highest BCUT2D eigenvalue weighted by Crippen LogP contribution is 2.42. The molecular weight excluding hydrogens is 366 g/mol. The number of aliphatic imine (C=N–C) groups is 1. The highest BCUT2D eigenvalue weighted by Gasteiger charge is 2.50. The maximum Gasteiger partial charge on any atom is 0.227 e. The number of carbonyl (C=O) groups excluding carboxylic acids is 1. The van der Waals surface area contributed by atoms with Gasteiger partial charge in [-0.15, -0.1) is 6.58 Å². The van der Waals surface area contributed by atoms with Crippen molar-refractivity contribution in [1.29, 1.82) is 0 Å². The van der Waals surface area contributed by atoms with Crippen LogP contribution in [-0.2, 0) is 4.79 Å². The van der Waals surface area contributed by atoms with E-state index in [4.69, 9.17) is 4.74 Å². The van der Waals surface area contributed by atoms with Gasteiger partial charge in [-0.1, -0.05) is 17.8 Å². The van der Waals surface area contributed by atoms with Crippen molar-refractivity contribution in [2.75, 3.05) is 26.0 Å². The summed E-state index contributed by atoms with van der Waals surface area (Å²) in [7, 11) is 3.32. The van der Waals surface area contributed by atoms with E-state index in [1.54, 1.807) is 25.1 Å². The van der Waals surface area contributed by atoms with Crippen LogP contribution in [0.1, 0.15) is 6.42 Å². The Morgan fingerprint density at radius 2 is 2.15 bits per heavy atom. The van der Waals surface area contributed by atoms with Crippen molar-refractivity contribution >= 4 is 28.5 Å². The van der Waals surface area contributed by atoms with E-state index in [0.29, 0.717) is 11.7 Å². The number of methoxy groups -OCH3 is 1. The fourth-order valence-corrected chi connectivity index (χ4v) is 4.83. The zero-order chi connectivity index (χ0) is 19.6. The van der Waals surface area contributed by atoms with Gasteiger partial charge >= 0.3 is 0 Å². The van der Waals surface area contributed by atoms with Crippen molar-refractivity contribution in [3.63, 3.8) is 0 Å². The third-order valence-electron chi connectivity index (χ3n) is 4.92. The Morgan fingerprint density at radius 1 is 1.44 bits per heavy atom. The standard InChI is InChI=1S/C19H25N3O4S/c1-4-9-22(2)18(25)13-10-14(23)16(24)15-17(13)27-19(21-15)20-11-5-7-12(26-3)8-6-11/h4-8,13-17,23-24H,1,9-10H2,2-3H3,(H,20,21)/t13-,14+,15-,16-,17+/m0/s1. The summed E-state index contributed by atoms with van der Waals surface area (Å²) in [6, 6.07) is 6.89.